The van der Waals surface area contributed by atoms with Gasteiger partial charge in [0, 0.05) is 18.3 Å². The molecule has 1 aromatic heterocycles. The third kappa shape index (κ3) is 2.73. The van der Waals surface area contributed by atoms with Crippen molar-refractivity contribution in [3.63, 3.8) is 0 Å². The third-order valence-electron chi connectivity index (χ3n) is 3.05. The van der Waals surface area contributed by atoms with Crippen LogP contribution in [-0.4, -0.2) is 41.0 Å². The van der Waals surface area contributed by atoms with E-state index in [0.29, 0.717) is 5.25 Å². The van der Waals surface area contributed by atoms with Gasteiger partial charge in [0.1, 0.15) is 0 Å². The van der Waals surface area contributed by atoms with Crippen LogP contribution in [0.2, 0.25) is 0 Å². The Balaban J connectivity index is 2.23. The molecule has 1 fully saturated rings. The van der Waals surface area contributed by atoms with Crippen molar-refractivity contribution in [2.75, 3.05) is 6.26 Å². The first-order valence-electron chi connectivity index (χ1n) is 5.56. The number of nitrogens with zero attached hydrogens (tertiary/aromatic N) is 3. The molecule has 1 aliphatic rings. The van der Waals surface area contributed by atoms with Gasteiger partial charge in [-0.05, 0) is 35.0 Å². The van der Waals surface area contributed by atoms with E-state index in [0.717, 1.165) is 19.3 Å². The molecular weight excluding hydrogens is 340 g/mol. The maximum absolute atomic E-state index is 12.3. The van der Waals surface area contributed by atoms with E-state index < -0.39 is 10.0 Å². The number of rotatable bonds is 4. The van der Waals surface area contributed by atoms with E-state index >= 15 is 0 Å². The van der Waals surface area contributed by atoms with E-state index in [9.17, 15) is 8.42 Å². The van der Waals surface area contributed by atoms with Crippen molar-refractivity contribution in [1.82, 2.24) is 19.7 Å². The Morgan fingerprint density at radius 2 is 2.22 bits per heavy atom. The van der Waals surface area contributed by atoms with Gasteiger partial charge in [-0.3, -0.25) is 0 Å². The summed E-state index contributed by atoms with van der Waals surface area (Å²) in [6.45, 7) is 0. The number of thioether (sulfide) groups is 1. The lowest BCUT2D eigenvalue weighted by atomic mass is 10.3. The molecule has 0 bridgehead atoms. The van der Waals surface area contributed by atoms with E-state index in [-0.39, 0.29) is 15.7 Å². The van der Waals surface area contributed by atoms with E-state index in [4.69, 9.17) is 0 Å². The van der Waals surface area contributed by atoms with Gasteiger partial charge >= 0.3 is 0 Å². The minimum atomic E-state index is -3.58. The predicted molar refractivity (Wildman–Crippen MR) is 74.0 cm³/mol. The van der Waals surface area contributed by atoms with Crippen molar-refractivity contribution in [1.29, 1.82) is 0 Å². The monoisotopic (exact) mass is 354 g/mol. The summed E-state index contributed by atoms with van der Waals surface area (Å²) in [5, 5.41) is 7.82. The first kappa shape index (κ1) is 14.3. The van der Waals surface area contributed by atoms with Crippen LogP contribution in [0, 0.1) is 0 Å². The quantitative estimate of drug-likeness (QED) is 0.877. The molecule has 6 nitrogen and oxygen atoms in total. The standard InChI is InChI=1S/C9H15BrN4O2S2/c1-14-9(8(10)11-13-14)18(15,16)12-6-4-3-5-7(6)17-2/h6-7,12H,3-5H2,1-2H3. The second kappa shape index (κ2) is 5.48. The maximum Gasteiger partial charge on any atom is 0.260 e. The summed E-state index contributed by atoms with van der Waals surface area (Å²) in [5.74, 6) is 0. The van der Waals surface area contributed by atoms with Crippen LogP contribution in [0.4, 0.5) is 0 Å². The average Bonchev–Trinajstić information content (AvgIpc) is 2.85. The van der Waals surface area contributed by atoms with Gasteiger partial charge in [0.15, 0.2) is 4.60 Å². The molecule has 2 rings (SSSR count). The van der Waals surface area contributed by atoms with E-state index in [1.54, 1.807) is 18.8 Å². The minimum Gasteiger partial charge on any atom is -0.235 e. The second-order valence-electron chi connectivity index (χ2n) is 4.24. The zero-order valence-electron chi connectivity index (χ0n) is 10.1. The molecule has 1 N–H and O–H groups in total. The first-order chi connectivity index (χ1) is 8.45. The molecule has 102 valence electrons. The molecule has 0 aliphatic heterocycles. The predicted octanol–water partition coefficient (Wildman–Crippen LogP) is 1.14. The summed E-state index contributed by atoms with van der Waals surface area (Å²) in [6, 6.07) is -0.00759. The van der Waals surface area contributed by atoms with Gasteiger partial charge < -0.3 is 0 Å². The van der Waals surface area contributed by atoms with Crippen molar-refractivity contribution in [2.45, 2.75) is 35.6 Å². The molecule has 1 heterocycles. The Kier molecular flexibility index (Phi) is 4.35. The average molecular weight is 355 g/mol. The number of hydrogen-bond acceptors (Lipinski definition) is 5. The lowest BCUT2D eigenvalue weighted by Crippen LogP contribution is -2.39. The number of aromatic nitrogens is 3. The Labute approximate surface area is 119 Å². The normalized spacial score (nSPS) is 24.6. The van der Waals surface area contributed by atoms with E-state index in [1.807, 2.05) is 6.26 Å². The van der Waals surface area contributed by atoms with Crippen LogP contribution in [0.15, 0.2) is 9.63 Å². The number of halogens is 1. The molecule has 0 saturated heterocycles. The first-order valence-corrected chi connectivity index (χ1v) is 9.12. The van der Waals surface area contributed by atoms with Crippen molar-refractivity contribution in [3.8, 4) is 0 Å². The maximum atomic E-state index is 12.3. The molecule has 2 unspecified atom stereocenters. The third-order valence-corrected chi connectivity index (χ3v) is 6.60. The molecular formula is C9H15BrN4O2S2. The van der Waals surface area contributed by atoms with Crippen LogP contribution in [-0.2, 0) is 17.1 Å². The van der Waals surface area contributed by atoms with Crippen molar-refractivity contribution < 1.29 is 8.42 Å². The second-order valence-corrected chi connectivity index (χ2v) is 7.70. The van der Waals surface area contributed by atoms with Crippen LogP contribution < -0.4 is 4.72 Å². The summed E-state index contributed by atoms with van der Waals surface area (Å²) < 4.78 is 28.9. The number of aryl methyl sites for hydroxylation is 1. The summed E-state index contributed by atoms with van der Waals surface area (Å²) in [4.78, 5) is 0. The highest BCUT2D eigenvalue weighted by Gasteiger charge is 2.33. The van der Waals surface area contributed by atoms with Gasteiger partial charge in [0.2, 0.25) is 5.03 Å². The van der Waals surface area contributed by atoms with Crippen LogP contribution in [0.25, 0.3) is 0 Å². The molecule has 0 radical (unpaired) electrons. The summed E-state index contributed by atoms with van der Waals surface area (Å²) in [5.41, 5.74) is 0. The Hall–Kier alpha value is -0.120. The minimum absolute atomic E-state index is 0.00759. The van der Waals surface area contributed by atoms with Crippen molar-refractivity contribution in [2.24, 2.45) is 7.05 Å². The fourth-order valence-corrected chi connectivity index (χ4v) is 5.63. The van der Waals surface area contributed by atoms with E-state index in [1.165, 1.54) is 4.68 Å². The van der Waals surface area contributed by atoms with Gasteiger partial charge in [-0.2, -0.15) is 11.8 Å². The van der Waals surface area contributed by atoms with Crippen LogP contribution in [0.5, 0.6) is 0 Å². The highest BCUT2D eigenvalue weighted by Crippen LogP contribution is 2.30. The largest absolute Gasteiger partial charge is 0.260 e. The van der Waals surface area contributed by atoms with Crippen LogP contribution in [0.1, 0.15) is 19.3 Å². The Bertz CT molecular complexity index is 511. The molecule has 0 aromatic carbocycles. The molecule has 18 heavy (non-hydrogen) atoms. The lowest BCUT2D eigenvalue weighted by molar-refractivity contribution is 0.538. The zero-order valence-corrected chi connectivity index (χ0v) is 13.3. The number of hydrogen-bond donors (Lipinski definition) is 1. The fourth-order valence-electron chi connectivity index (χ4n) is 2.21. The molecule has 0 amide bonds. The SMILES string of the molecule is CSC1CCCC1NS(=O)(=O)c1c(Br)nnn1C. The summed E-state index contributed by atoms with van der Waals surface area (Å²) >= 11 is 4.83. The molecule has 1 saturated carbocycles. The summed E-state index contributed by atoms with van der Waals surface area (Å²) in [6.07, 6.45) is 5.01. The molecule has 9 heteroatoms. The van der Waals surface area contributed by atoms with E-state index in [2.05, 4.69) is 31.0 Å². The number of nitrogens with one attached hydrogen (secondary N) is 1. The molecule has 2 atom stereocenters. The lowest BCUT2D eigenvalue weighted by Gasteiger charge is -2.18. The Morgan fingerprint density at radius 3 is 2.78 bits per heavy atom. The van der Waals surface area contributed by atoms with Crippen molar-refractivity contribution >= 4 is 37.7 Å². The zero-order chi connectivity index (χ0) is 13.3. The van der Waals surface area contributed by atoms with Crippen LogP contribution in [0.3, 0.4) is 0 Å². The summed E-state index contributed by atoms with van der Waals surface area (Å²) in [7, 11) is -2.01. The van der Waals surface area contributed by atoms with Gasteiger partial charge in [0.05, 0.1) is 0 Å². The van der Waals surface area contributed by atoms with Crippen molar-refractivity contribution in [3.05, 3.63) is 4.60 Å². The smallest absolute Gasteiger partial charge is 0.235 e. The highest BCUT2D eigenvalue weighted by atomic mass is 79.9. The van der Waals surface area contributed by atoms with Crippen LogP contribution >= 0.6 is 27.7 Å². The Morgan fingerprint density at radius 1 is 1.50 bits per heavy atom. The molecule has 1 aliphatic carbocycles. The number of sulfonamides is 1. The fraction of sp³-hybridized carbons (Fsp3) is 0.778. The van der Waals surface area contributed by atoms with Gasteiger partial charge in [-0.1, -0.05) is 11.6 Å². The molecule has 0 spiro atoms. The topological polar surface area (TPSA) is 76.9 Å². The van der Waals surface area contributed by atoms with Gasteiger partial charge in [-0.15, -0.1) is 5.10 Å². The van der Waals surface area contributed by atoms with Gasteiger partial charge in [-0.25, -0.2) is 17.8 Å². The molecule has 1 aromatic rings. The van der Waals surface area contributed by atoms with Gasteiger partial charge in [0.25, 0.3) is 10.0 Å². The highest BCUT2D eigenvalue weighted by molar-refractivity contribution is 9.10.